The first-order valence-corrected chi connectivity index (χ1v) is 7.83. The predicted molar refractivity (Wildman–Crippen MR) is 66.7 cm³/mol. The van der Waals surface area contributed by atoms with Crippen molar-refractivity contribution in [1.82, 2.24) is 0 Å². The quantitative estimate of drug-likeness (QED) is 0.633. The smallest absolute Gasteiger partial charge is 0.387 e. The molecule has 118 valence electrons. The summed E-state index contributed by atoms with van der Waals surface area (Å²) >= 11 is 16.0. The zero-order valence-corrected chi connectivity index (χ0v) is 12.8. The van der Waals surface area contributed by atoms with Crippen LogP contribution in [0.25, 0.3) is 0 Å². The van der Waals surface area contributed by atoms with Crippen molar-refractivity contribution in [3.8, 4) is 0 Å². The van der Waals surface area contributed by atoms with Crippen molar-refractivity contribution in [3.63, 3.8) is 0 Å². The molecule has 2 N–H and O–H groups in total. The molecule has 5 atom stereocenters. The number of rotatable bonds is 4. The third-order valence-electron chi connectivity index (χ3n) is 2.67. The molecule has 0 aliphatic carbocycles. The van der Waals surface area contributed by atoms with Crippen LogP contribution in [0.1, 0.15) is 0 Å². The molecule has 2 bridgehead atoms. The van der Waals surface area contributed by atoms with Crippen molar-refractivity contribution in [3.05, 3.63) is 0 Å². The van der Waals surface area contributed by atoms with Crippen molar-refractivity contribution in [2.45, 2.75) is 34.5 Å². The molecule has 2 aliphatic heterocycles. The molecule has 0 spiro atoms. The highest BCUT2D eigenvalue weighted by Crippen LogP contribution is 2.32. The number of aliphatic hydroxyl groups is 2. The molecule has 12 heteroatoms. The maximum Gasteiger partial charge on any atom is 0.400 e. The first kappa shape index (κ1) is 16.9. The van der Waals surface area contributed by atoms with Crippen LogP contribution in [0.5, 0.6) is 0 Å². The van der Waals surface area contributed by atoms with E-state index in [0.29, 0.717) is 0 Å². The van der Waals surface area contributed by atoms with Crippen LogP contribution in [0.15, 0.2) is 0 Å². The van der Waals surface area contributed by atoms with E-state index in [-0.39, 0.29) is 6.61 Å². The van der Waals surface area contributed by atoms with E-state index in [1.54, 1.807) is 0 Å². The highest BCUT2D eigenvalue weighted by molar-refractivity contribution is 7.81. The maximum atomic E-state index is 11.5. The number of aliphatic hydroxyl groups excluding tert-OH is 2. The Balaban J connectivity index is 2.01. The van der Waals surface area contributed by atoms with Gasteiger partial charge in [0.25, 0.3) is 0 Å². The Morgan fingerprint density at radius 1 is 1.25 bits per heavy atom. The third kappa shape index (κ3) is 4.07. The molecule has 2 rings (SSSR count). The molecule has 0 radical (unpaired) electrons. The van der Waals surface area contributed by atoms with Gasteiger partial charge in [-0.3, -0.25) is 0 Å². The summed E-state index contributed by atoms with van der Waals surface area (Å²) in [6.45, 7) is -0.766. The molecule has 2 heterocycles. The lowest BCUT2D eigenvalue weighted by Crippen LogP contribution is -2.55. The van der Waals surface area contributed by atoms with E-state index in [4.69, 9.17) is 44.3 Å². The van der Waals surface area contributed by atoms with Gasteiger partial charge in [-0.25, -0.2) is 8.37 Å². The Hall–Kier alpha value is 0.580. The molecule has 0 unspecified atom stereocenters. The molecule has 0 aromatic rings. The van der Waals surface area contributed by atoms with Gasteiger partial charge in [-0.05, 0) is 0 Å². The molecule has 2 saturated heterocycles. The van der Waals surface area contributed by atoms with Gasteiger partial charge in [-0.15, -0.1) is 0 Å². The predicted octanol–water partition coefficient (Wildman–Crippen LogP) is -0.520. The molecule has 2 aliphatic rings. The maximum absolute atomic E-state index is 11.5. The third-order valence-corrected chi connectivity index (χ3v) is 3.86. The summed E-state index contributed by atoms with van der Waals surface area (Å²) in [5, 5.41) is 19.4. The van der Waals surface area contributed by atoms with Gasteiger partial charge in [0, 0.05) is 0 Å². The highest BCUT2D eigenvalue weighted by Gasteiger charge is 2.52. The van der Waals surface area contributed by atoms with Crippen LogP contribution < -0.4 is 0 Å². The van der Waals surface area contributed by atoms with Crippen molar-refractivity contribution < 1.29 is 36.5 Å². The van der Waals surface area contributed by atoms with E-state index in [2.05, 4.69) is 8.37 Å². The number of halogens is 3. The number of fused-ring (bicyclic) bond motifs is 2. The molecular weight excluding hydrogens is 363 g/mol. The van der Waals surface area contributed by atoms with Gasteiger partial charge >= 0.3 is 10.4 Å². The molecule has 8 nitrogen and oxygen atoms in total. The Labute approximate surface area is 129 Å². The van der Waals surface area contributed by atoms with E-state index in [1.807, 2.05) is 0 Å². The monoisotopic (exact) mass is 372 g/mol. The second kappa shape index (κ2) is 5.99. The van der Waals surface area contributed by atoms with Gasteiger partial charge in [0.2, 0.25) is 3.79 Å². The van der Waals surface area contributed by atoms with Gasteiger partial charge in [0.1, 0.15) is 24.9 Å². The van der Waals surface area contributed by atoms with Crippen LogP contribution >= 0.6 is 34.8 Å². The Morgan fingerprint density at radius 2 is 1.90 bits per heavy atom. The van der Waals surface area contributed by atoms with E-state index < -0.39 is 51.5 Å². The summed E-state index contributed by atoms with van der Waals surface area (Å²) < 4.78 is 40.3. The lowest BCUT2D eigenvalue weighted by atomic mass is 10.0. The van der Waals surface area contributed by atoms with Crippen LogP contribution in [0.4, 0.5) is 0 Å². The zero-order valence-electron chi connectivity index (χ0n) is 9.69. The fourth-order valence-corrected chi connectivity index (χ4v) is 2.98. The second-order valence-electron chi connectivity index (χ2n) is 4.20. The number of hydrogen-bond donors (Lipinski definition) is 2. The van der Waals surface area contributed by atoms with Gasteiger partial charge in [-0.1, -0.05) is 34.8 Å². The van der Waals surface area contributed by atoms with Crippen LogP contribution in [0.3, 0.4) is 0 Å². The van der Waals surface area contributed by atoms with Crippen molar-refractivity contribution in [2.24, 2.45) is 0 Å². The number of alkyl halides is 3. The summed E-state index contributed by atoms with van der Waals surface area (Å²) in [4.78, 5) is 0. The zero-order chi connectivity index (χ0) is 15.1. The minimum Gasteiger partial charge on any atom is -0.387 e. The molecule has 0 aromatic carbocycles. The number of ether oxygens (including phenoxy) is 2. The van der Waals surface area contributed by atoms with Crippen molar-refractivity contribution in [2.75, 3.05) is 13.2 Å². The molecule has 0 amide bonds. The van der Waals surface area contributed by atoms with Crippen molar-refractivity contribution in [1.29, 1.82) is 0 Å². The lowest BCUT2D eigenvalue weighted by molar-refractivity contribution is -0.221. The average Bonchev–Trinajstić information content (AvgIpc) is 2.76. The molecule has 0 aromatic heterocycles. The summed E-state index contributed by atoms with van der Waals surface area (Å²) in [6, 6.07) is 0. The topological polar surface area (TPSA) is 112 Å². The Kier molecular flexibility index (Phi) is 5.08. The largest absolute Gasteiger partial charge is 0.400 e. The first-order valence-electron chi connectivity index (χ1n) is 5.37. The summed E-state index contributed by atoms with van der Waals surface area (Å²) in [5.74, 6) is 0. The van der Waals surface area contributed by atoms with Gasteiger partial charge < -0.3 is 19.7 Å². The molecular formula is C8H11Cl3O8S. The van der Waals surface area contributed by atoms with Crippen LogP contribution in [0, 0.1) is 0 Å². The van der Waals surface area contributed by atoms with E-state index in [0.717, 1.165) is 0 Å². The minimum atomic E-state index is -4.58. The average molecular weight is 374 g/mol. The normalized spacial score (nSPS) is 38.1. The van der Waals surface area contributed by atoms with E-state index in [9.17, 15) is 18.6 Å². The highest BCUT2D eigenvalue weighted by atomic mass is 35.6. The van der Waals surface area contributed by atoms with Crippen molar-refractivity contribution >= 4 is 45.2 Å². The van der Waals surface area contributed by atoms with Gasteiger partial charge in [0.05, 0.1) is 6.61 Å². The van der Waals surface area contributed by atoms with E-state index >= 15 is 0 Å². The van der Waals surface area contributed by atoms with Crippen LogP contribution in [-0.2, 0) is 28.2 Å². The molecule has 0 saturated carbocycles. The molecule has 20 heavy (non-hydrogen) atoms. The lowest BCUT2D eigenvalue weighted by Gasteiger charge is -2.34. The van der Waals surface area contributed by atoms with E-state index in [1.165, 1.54) is 0 Å². The fourth-order valence-electron chi connectivity index (χ4n) is 1.77. The SMILES string of the molecule is O=S(=O)(OCC(Cl)(Cl)Cl)O[C@H]1[C@@H]2OC[C@@H](O2)[C@@H](O)[C@@H]1O. The summed E-state index contributed by atoms with van der Waals surface area (Å²) in [5.41, 5.74) is 0. The summed E-state index contributed by atoms with van der Waals surface area (Å²) in [6.07, 6.45) is -6.22. The summed E-state index contributed by atoms with van der Waals surface area (Å²) in [7, 11) is -4.58. The molecule has 2 fully saturated rings. The first-order chi connectivity index (χ1) is 9.09. The Morgan fingerprint density at radius 3 is 2.50 bits per heavy atom. The minimum absolute atomic E-state index is 0.0117. The standard InChI is InChI=1S/C8H11Cl3O8S/c9-8(10,11)2-17-20(14,15)19-6-5(13)4(12)3-1-16-7(6)18-3/h3-7,12-13H,1-2H2/t3-,4-,5+,6-,7-/m1/s1. The van der Waals surface area contributed by atoms with Crippen LogP contribution in [-0.4, -0.2) is 66.3 Å². The Bertz CT molecular complexity index is 451. The van der Waals surface area contributed by atoms with Crippen LogP contribution in [0.2, 0.25) is 0 Å². The van der Waals surface area contributed by atoms with Gasteiger partial charge in [0.15, 0.2) is 12.4 Å². The second-order valence-corrected chi connectivity index (χ2v) is 7.96. The van der Waals surface area contributed by atoms with Gasteiger partial charge in [-0.2, -0.15) is 8.42 Å². The fraction of sp³-hybridized carbons (Fsp3) is 1.00. The number of hydrogen-bond acceptors (Lipinski definition) is 8.